The van der Waals surface area contributed by atoms with E-state index in [1.54, 1.807) is 11.8 Å². The number of rotatable bonds is 7. The van der Waals surface area contributed by atoms with Crippen molar-refractivity contribution in [1.82, 2.24) is 10.2 Å². The maximum Gasteiger partial charge on any atom is 0.0645 e. The number of hydrogen-bond donors (Lipinski definition) is 1. The van der Waals surface area contributed by atoms with Gasteiger partial charge in [-0.2, -0.15) is 0 Å². The van der Waals surface area contributed by atoms with Crippen molar-refractivity contribution < 1.29 is 4.74 Å². The predicted octanol–water partition coefficient (Wildman–Crippen LogP) is 6.40. The monoisotopic (exact) mass is 460 g/mol. The summed E-state index contributed by atoms with van der Waals surface area (Å²) in [7, 11) is 0. The lowest BCUT2D eigenvalue weighted by Gasteiger charge is -2.41. The Balaban J connectivity index is 1.49. The van der Waals surface area contributed by atoms with Crippen LogP contribution in [-0.4, -0.2) is 37.2 Å². The normalized spacial score (nSPS) is 26.6. The minimum absolute atomic E-state index is 0.0399. The van der Waals surface area contributed by atoms with E-state index in [-0.39, 0.29) is 5.41 Å². The third kappa shape index (κ3) is 5.49. The number of piperidine rings is 1. The molecule has 4 heteroatoms. The summed E-state index contributed by atoms with van der Waals surface area (Å²) in [5.41, 5.74) is 11.4. The zero-order chi connectivity index (χ0) is 23.3. The van der Waals surface area contributed by atoms with Crippen LogP contribution in [0.5, 0.6) is 0 Å². The molecule has 1 unspecified atom stereocenters. The Hall–Kier alpha value is -2.19. The number of fused-ring (bicyclic) bond motifs is 1. The number of nitrogens with zero attached hydrogens (tertiary/aromatic N) is 1. The van der Waals surface area contributed by atoms with Gasteiger partial charge in [-0.1, -0.05) is 43.5 Å². The molecule has 1 atom stereocenters. The highest BCUT2D eigenvalue weighted by Crippen LogP contribution is 2.42. The molecule has 0 radical (unpaired) electrons. The Morgan fingerprint density at radius 1 is 1.30 bits per heavy atom. The summed E-state index contributed by atoms with van der Waals surface area (Å²) in [6.07, 6.45) is 18.8. The third-order valence-corrected chi connectivity index (χ3v) is 8.22. The molecule has 2 fully saturated rings. The smallest absolute Gasteiger partial charge is 0.0645 e. The standard InChI is InChI=1S/C29H36N2OS/c1-5-17-33-28(7-3)23-10-14-29(4)13-8-9-25(19-24(29)18-23)30-27(6-2)22-11-15-31(16-12-22)26-20-32-21-26/h5,7,9-10,13,17-19,22,26,30H,2,11-12,14-16,20-21H2,1,3-4H3/b17-5+,28-7-. The summed E-state index contributed by atoms with van der Waals surface area (Å²) in [6.45, 7) is 14.5. The zero-order valence-electron chi connectivity index (χ0n) is 20.2. The molecule has 33 heavy (non-hydrogen) atoms. The van der Waals surface area contributed by atoms with E-state index >= 15 is 0 Å². The molecule has 1 N–H and O–H groups in total. The van der Waals surface area contributed by atoms with Gasteiger partial charge in [0, 0.05) is 28.0 Å². The Kier molecular flexibility index (Phi) is 7.86. The molecule has 174 valence electrons. The first-order valence-corrected chi connectivity index (χ1v) is 12.9. The minimum Gasteiger partial charge on any atom is -0.378 e. The van der Waals surface area contributed by atoms with Crippen LogP contribution in [0.3, 0.4) is 0 Å². The molecule has 0 saturated carbocycles. The van der Waals surface area contributed by atoms with Gasteiger partial charge in [0.2, 0.25) is 0 Å². The van der Waals surface area contributed by atoms with Gasteiger partial charge in [0.1, 0.15) is 0 Å². The van der Waals surface area contributed by atoms with Crippen LogP contribution in [0.2, 0.25) is 0 Å². The van der Waals surface area contributed by atoms with Gasteiger partial charge >= 0.3 is 0 Å². The van der Waals surface area contributed by atoms with E-state index in [1.807, 2.05) is 0 Å². The zero-order valence-corrected chi connectivity index (χ0v) is 21.0. The molecular weight excluding hydrogens is 424 g/mol. The first-order chi connectivity index (χ1) is 16.1. The number of ether oxygens (including phenoxy) is 1. The second kappa shape index (κ2) is 10.8. The van der Waals surface area contributed by atoms with E-state index in [4.69, 9.17) is 4.74 Å². The van der Waals surface area contributed by atoms with E-state index < -0.39 is 0 Å². The molecule has 0 aromatic heterocycles. The highest BCUT2D eigenvalue weighted by atomic mass is 32.2. The number of likely N-dealkylation sites (tertiary alicyclic amines) is 1. The predicted molar refractivity (Wildman–Crippen MR) is 140 cm³/mol. The lowest BCUT2D eigenvalue weighted by molar-refractivity contribution is -0.0726. The van der Waals surface area contributed by atoms with E-state index in [1.165, 1.54) is 16.1 Å². The summed E-state index contributed by atoms with van der Waals surface area (Å²) in [5.74, 6) is 0.468. The van der Waals surface area contributed by atoms with E-state index in [0.717, 1.165) is 57.0 Å². The fourth-order valence-corrected chi connectivity index (χ4v) is 5.52. The fourth-order valence-electron chi connectivity index (χ4n) is 4.83. The molecule has 0 aromatic carbocycles. The van der Waals surface area contributed by atoms with Crippen LogP contribution >= 0.6 is 11.8 Å². The lowest BCUT2D eigenvalue weighted by atomic mass is 9.75. The second-order valence-corrected chi connectivity index (χ2v) is 10.3. The van der Waals surface area contributed by atoms with Gasteiger partial charge in [0.15, 0.2) is 0 Å². The van der Waals surface area contributed by atoms with Crippen molar-refractivity contribution in [3.8, 4) is 0 Å². The van der Waals surface area contributed by atoms with Crippen molar-refractivity contribution in [3.63, 3.8) is 0 Å². The number of hydrogen-bond acceptors (Lipinski definition) is 4. The summed E-state index contributed by atoms with van der Waals surface area (Å²) >= 11 is 1.78. The van der Waals surface area contributed by atoms with Crippen molar-refractivity contribution in [2.24, 2.45) is 11.3 Å². The van der Waals surface area contributed by atoms with Crippen molar-refractivity contribution in [1.29, 1.82) is 0 Å². The molecule has 0 amide bonds. The molecule has 0 spiro atoms. The third-order valence-electron chi connectivity index (χ3n) is 7.09. The van der Waals surface area contributed by atoms with E-state index in [0.29, 0.717) is 12.0 Å². The maximum absolute atomic E-state index is 5.38. The molecule has 2 aliphatic heterocycles. The SMILES string of the molecule is C=C=C(NC1=CC2=CC(/C(=C/C)S/C=C/C)=CCC2(C)C=C=C1)C1CCN(C2COC2)CC1. The summed E-state index contributed by atoms with van der Waals surface area (Å²) < 4.78 is 5.38. The summed E-state index contributed by atoms with van der Waals surface area (Å²) in [6, 6.07) is 0.624. The van der Waals surface area contributed by atoms with Crippen LogP contribution in [0.4, 0.5) is 0 Å². The van der Waals surface area contributed by atoms with E-state index in [9.17, 15) is 0 Å². The average Bonchev–Trinajstić information content (AvgIpc) is 2.95. The molecule has 2 saturated heterocycles. The first-order valence-electron chi connectivity index (χ1n) is 12.1. The first kappa shape index (κ1) is 24.0. The van der Waals surface area contributed by atoms with Crippen LogP contribution in [0, 0.1) is 11.3 Å². The van der Waals surface area contributed by atoms with Gasteiger partial charge in [0.05, 0.1) is 25.0 Å². The quantitative estimate of drug-likeness (QED) is 0.445. The highest BCUT2D eigenvalue weighted by Gasteiger charge is 2.32. The van der Waals surface area contributed by atoms with Crippen molar-refractivity contribution in [3.05, 3.63) is 93.4 Å². The fraction of sp³-hybridized carbons (Fsp3) is 0.448. The van der Waals surface area contributed by atoms with Gasteiger partial charge in [-0.25, -0.2) is 0 Å². The number of allylic oxidation sites excluding steroid dienone is 9. The molecule has 0 bridgehead atoms. The maximum atomic E-state index is 5.38. The van der Waals surface area contributed by atoms with Gasteiger partial charge < -0.3 is 10.1 Å². The average molecular weight is 461 g/mol. The van der Waals surface area contributed by atoms with Crippen LogP contribution in [-0.2, 0) is 4.74 Å². The molecule has 4 aliphatic rings. The van der Waals surface area contributed by atoms with Crippen LogP contribution in [0.15, 0.2) is 93.4 Å². The largest absolute Gasteiger partial charge is 0.378 e. The lowest BCUT2D eigenvalue weighted by Crippen LogP contribution is -2.52. The Morgan fingerprint density at radius 2 is 2.09 bits per heavy atom. The van der Waals surface area contributed by atoms with Gasteiger partial charge in [-0.15, -0.1) is 11.5 Å². The molecule has 0 aromatic rings. The number of nitrogens with one attached hydrogen (secondary N) is 1. The Bertz CT molecular complexity index is 1020. The topological polar surface area (TPSA) is 24.5 Å². The van der Waals surface area contributed by atoms with Gasteiger partial charge in [-0.05, 0) is 81.0 Å². The second-order valence-electron chi connectivity index (χ2n) is 9.39. The van der Waals surface area contributed by atoms with E-state index in [2.05, 4.69) is 97.0 Å². The van der Waals surface area contributed by atoms with Crippen LogP contribution < -0.4 is 5.32 Å². The highest BCUT2D eigenvalue weighted by molar-refractivity contribution is 8.06. The van der Waals surface area contributed by atoms with Gasteiger partial charge in [-0.3, -0.25) is 4.90 Å². The number of thioether (sulfide) groups is 1. The summed E-state index contributed by atoms with van der Waals surface area (Å²) in [4.78, 5) is 3.87. The summed E-state index contributed by atoms with van der Waals surface area (Å²) in [5, 5.41) is 5.80. The van der Waals surface area contributed by atoms with Crippen molar-refractivity contribution >= 4 is 11.8 Å². The molecule has 3 nitrogen and oxygen atoms in total. The van der Waals surface area contributed by atoms with Crippen molar-refractivity contribution in [2.45, 2.75) is 46.1 Å². The molecule has 4 rings (SSSR count). The van der Waals surface area contributed by atoms with Crippen LogP contribution in [0.1, 0.15) is 40.0 Å². The Morgan fingerprint density at radius 3 is 2.73 bits per heavy atom. The van der Waals surface area contributed by atoms with Crippen LogP contribution in [0.25, 0.3) is 0 Å². The molecular formula is C29H36N2OS. The minimum atomic E-state index is -0.0399. The molecule has 2 aliphatic carbocycles. The van der Waals surface area contributed by atoms with Crippen molar-refractivity contribution in [2.75, 3.05) is 26.3 Å². The Labute approximate surface area is 203 Å². The molecule has 2 heterocycles. The van der Waals surface area contributed by atoms with Gasteiger partial charge in [0.25, 0.3) is 0 Å².